The molecule has 0 aliphatic heterocycles. The second kappa shape index (κ2) is 13.2. The zero-order valence-corrected chi connectivity index (χ0v) is 20.9. The summed E-state index contributed by atoms with van der Waals surface area (Å²) in [4.78, 5) is 16.7. The van der Waals surface area contributed by atoms with Crippen LogP contribution in [0.2, 0.25) is 0 Å². The number of aromatic nitrogens is 4. The highest BCUT2D eigenvalue weighted by Crippen LogP contribution is 2.27. The lowest BCUT2D eigenvalue weighted by Crippen LogP contribution is -2.45. The van der Waals surface area contributed by atoms with E-state index in [1.165, 1.54) is 0 Å². The molecule has 0 saturated heterocycles. The van der Waals surface area contributed by atoms with Gasteiger partial charge >= 0.3 is 31.1 Å². The lowest BCUT2D eigenvalue weighted by Gasteiger charge is -2.11. The van der Waals surface area contributed by atoms with Crippen molar-refractivity contribution in [2.24, 2.45) is 0 Å². The van der Waals surface area contributed by atoms with Gasteiger partial charge in [0.1, 0.15) is 0 Å². The van der Waals surface area contributed by atoms with Gasteiger partial charge in [0.25, 0.3) is 0 Å². The Morgan fingerprint density at radius 1 is 0.462 bits per heavy atom. The number of hydrogen-bond donors (Lipinski definition) is 1. The van der Waals surface area contributed by atoms with Crippen LogP contribution in [0.3, 0.4) is 0 Å². The molecule has 0 aliphatic carbocycles. The van der Waals surface area contributed by atoms with E-state index in [9.17, 15) is 43.2 Å². The van der Waals surface area contributed by atoms with Crippen molar-refractivity contribution >= 4 is 20.0 Å². The highest BCUT2D eigenvalue weighted by Gasteiger charge is 2.55. The van der Waals surface area contributed by atoms with Gasteiger partial charge in [-0.1, -0.05) is 28.4 Å². The van der Waals surface area contributed by atoms with E-state index in [2.05, 4.69) is 19.9 Å². The lowest BCUT2D eigenvalue weighted by molar-refractivity contribution is -0.0476. The average molecular weight is 594 g/mol. The summed E-state index contributed by atoms with van der Waals surface area (Å²) in [5.41, 5.74) is -8.64. The minimum absolute atomic E-state index is 0.493. The number of pyridine rings is 4. The number of rotatable bonds is 4. The number of nitrogens with one attached hydrogen (secondary N) is 1. The first-order valence-electron chi connectivity index (χ1n) is 10.2. The Morgan fingerprint density at radius 3 is 0.846 bits per heavy atom. The number of halogens is 6. The quantitative estimate of drug-likeness (QED) is 0.341. The van der Waals surface area contributed by atoms with Crippen molar-refractivity contribution in [3.63, 3.8) is 0 Å². The van der Waals surface area contributed by atoms with Crippen LogP contribution in [-0.2, 0) is 20.0 Å². The van der Waals surface area contributed by atoms with E-state index in [0.717, 1.165) is 22.8 Å². The summed E-state index contributed by atoms with van der Waals surface area (Å²) in [6, 6.07) is 23.2. The first-order chi connectivity index (χ1) is 18.1. The maximum Gasteiger partial charge on any atom is 0.512 e. The molecule has 17 heteroatoms. The molecule has 0 atom stereocenters. The third-order valence-corrected chi connectivity index (χ3v) is 6.99. The molecular weight excluding hydrogens is 576 g/mol. The molecule has 0 spiro atoms. The number of nitrogens with zero attached hydrogens (tertiary/aromatic N) is 4. The monoisotopic (exact) mass is 593 g/mol. The molecule has 0 radical (unpaired) electrons. The Balaban J connectivity index is 0.000000206. The summed E-state index contributed by atoms with van der Waals surface area (Å²) in [6.07, 6.45) is 7.07. The largest absolute Gasteiger partial charge is 0.512 e. The third-order valence-electron chi connectivity index (χ3n) is 4.01. The van der Waals surface area contributed by atoms with Gasteiger partial charge in [0, 0.05) is 24.8 Å². The van der Waals surface area contributed by atoms with Crippen LogP contribution in [0.1, 0.15) is 0 Å². The highest BCUT2D eigenvalue weighted by molar-refractivity contribution is 8.05. The van der Waals surface area contributed by atoms with Crippen LogP contribution in [-0.4, -0.2) is 47.8 Å². The summed E-state index contributed by atoms with van der Waals surface area (Å²) >= 11 is 0. The van der Waals surface area contributed by atoms with Gasteiger partial charge in [0.05, 0.1) is 22.8 Å². The Bertz CT molecular complexity index is 1320. The van der Waals surface area contributed by atoms with Gasteiger partial charge in [0.15, 0.2) is 0 Å². The van der Waals surface area contributed by atoms with Crippen molar-refractivity contribution in [1.82, 2.24) is 24.1 Å². The second-order valence-corrected chi connectivity index (χ2v) is 10.4. The van der Waals surface area contributed by atoms with Crippen LogP contribution in [0.25, 0.3) is 22.8 Å². The predicted molar refractivity (Wildman–Crippen MR) is 128 cm³/mol. The van der Waals surface area contributed by atoms with E-state index in [1.54, 1.807) is 24.8 Å². The Hall–Kier alpha value is -3.96. The average Bonchev–Trinajstić information content (AvgIpc) is 2.90. The Labute approximate surface area is 218 Å². The van der Waals surface area contributed by atoms with Crippen LogP contribution in [0.5, 0.6) is 0 Å². The normalized spacial score (nSPS) is 11.8. The van der Waals surface area contributed by atoms with E-state index < -0.39 is 35.2 Å². The molecule has 4 rings (SSSR count). The zero-order chi connectivity index (χ0) is 29.2. The van der Waals surface area contributed by atoms with Gasteiger partial charge in [0.2, 0.25) is 0 Å². The summed E-state index contributed by atoms with van der Waals surface area (Å²) < 4.78 is 108. The summed E-state index contributed by atoms with van der Waals surface area (Å²) in [5.74, 6) is 0. The minimum Gasteiger partial charge on any atom is -0.255 e. The summed E-state index contributed by atoms with van der Waals surface area (Å²) in [5, 5.41) is 0. The van der Waals surface area contributed by atoms with E-state index in [4.69, 9.17) is 0 Å². The van der Waals surface area contributed by atoms with Crippen molar-refractivity contribution in [2.75, 3.05) is 0 Å². The van der Waals surface area contributed by atoms with Crippen LogP contribution in [0, 0.1) is 0 Å². The Kier molecular flexibility index (Phi) is 10.6. The van der Waals surface area contributed by atoms with Gasteiger partial charge in [-0.2, -0.15) is 26.3 Å². The van der Waals surface area contributed by atoms with Crippen LogP contribution < -0.4 is 4.13 Å². The van der Waals surface area contributed by atoms with Crippen molar-refractivity contribution in [2.45, 2.75) is 11.0 Å². The molecular formula is C22H17F6N5O4S2. The molecule has 208 valence electrons. The molecule has 4 heterocycles. The summed E-state index contributed by atoms with van der Waals surface area (Å²) in [6.45, 7) is 0. The maximum absolute atomic E-state index is 11.5. The van der Waals surface area contributed by atoms with Gasteiger partial charge in [-0.05, 0) is 48.5 Å². The third kappa shape index (κ3) is 9.69. The van der Waals surface area contributed by atoms with Crippen molar-refractivity contribution in [1.29, 1.82) is 0 Å². The molecule has 0 aromatic carbocycles. The molecule has 4 aromatic rings. The lowest BCUT2D eigenvalue weighted by atomic mass is 10.2. The Morgan fingerprint density at radius 2 is 0.692 bits per heavy atom. The molecule has 0 bridgehead atoms. The van der Waals surface area contributed by atoms with Gasteiger partial charge in [-0.15, -0.1) is 0 Å². The molecule has 0 amide bonds. The fourth-order valence-electron chi connectivity index (χ4n) is 2.30. The van der Waals surface area contributed by atoms with Crippen molar-refractivity contribution in [3.8, 4) is 22.8 Å². The topological polar surface area (TPSA) is 132 Å². The van der Waals surface area contributed by atoms with Gasteiger partial charge in [-0.3, -0.25) is 19.9 Å². The molecule has 39 heavy (non-hydrogen) atoms. The molecule has 0 aliphatic rings. The highest BCUT2D eigenvalue weighted by atomic mass is 32.3. The standard InChI is InChI=1S/2C10H8N2.C2HF6NO4S2/c2*1-3-7-11-9(5-1)10-6-2-4-8-12-10;3-1(4,5)14(10,11)9-15(12,13)2(6,7)8/h2*1-8H;9H. The van der Waals surface area contributed by atoms with Crippen LogP contribution in [0.15, 0.2) is 97.6 Å². The first kappa shape index (κ1) is 31.3. The van der Waals surface area contributed by atoms with Gasteiger partial charge < -0.3 is 0 Å². The van der Waals surface area contributed by atoms with Crippen molar-refractivity contribution < 1.29 is 43.2 Å². The molecule has 0 saturated carbocycles. The van der Waals surface area contributed by atoms with Crippen LogP contribution in [0.4, 0.5) is 26.3 Å². The number of alkyl halides is 6. The van der Waals surface area contributed by atoms with E-state index >= 15 is 0 Å². The maximum atomic E-state index is 11.5. The molecule has 4 aromatic heterocycles. The molecule has 1 N–H and O–H groups in total. The first-order valence-corrected chi connectivity index (χ1v) is 13.2. The smallest absolute Gasteiger partial charge is 0.255 e. The van der Waals surface area contributed by atoms with Crippen molar-refractivity contribution in [3.05, 3.63) is 97.6 Å². The van der Waals surface area contributed by atoms with Gasteiger partial charge in [-0.25, -0.2) is 16.8 Å². The van der Waals surface area contributed by atoms with E-state index in [1.807, 2.05) is 72.8 Å². The van der Waals surface area contributed by atoms with E-state index in [0.29, 0.717) is 0 Å². The molecule has 9 nitrogen and oxygen atoms in total. The fourth-order valence-corrected chi connectivity index (χ4v) is 4.21. The second-order valence-electron chi connectivity index (χ2n) is 6.84. The zero-order valence-electron chi connectivity index (χ0n) is 19.2. The van der Waals surface area contributed by atoms with E-state index in [-0.39, 0.29) is 0 Å². The minimum atomic E-state index is -6.60. The number of hydrogen-bond acceptors (Lipinski definition) is 8. The molecule has 0 fully saturated rings. The predicted octanol–water partition coefficient (Wildman–Crippen LogP) is 4.56. The summed E-state index contributed by atoms with van der Waals surface area (Å²) in [7, 11) is -13.2. The number of sulfonamides is 2. The van der Waals surface area contributed by atoms with Crippen LogP contribution >= 0.6 is 0 Å². The fraction of sp³-hybridized carbons (Fsp3) is 0.0909. The SMILES string of the molecule is O=S(=O)(NS(=O)(=O)C(F)(F)F)C(F)(F)F.c1ccc(-c2ccccn2)nc1.c1ccc(-c2ccccn2)nc1. The molecule has 0 unspecified atom stereocenters.